The molecule has 0 saturated heterocycles. The smallest absolute Gasteiger partial charge is 0.0708 e. The number of benzene rings is 2. The normalized spacial score (nSPS) is 10.4. The van der Waals surface area contributed by atoms with Gasteiger partial charge in [0.15, 0.2) is 0 Å². The number of pyridine rings is 1. The Morgan fingerprint density at radius 1 is 1.05 bits per heavy atom. The van der Waals surface area contributed by atoms with Gasteiger partial charge in [0.2, 0.25) is 0 Å². The molecule has 98 valence electrons. The van der Waals surface area contributed by atoms with E-state index in [2.05, 4.69) is 40.6 Å². The minimum absolute atomic E-state index is 0.884. The summed E-state index contributed by atoms with van der Waals surface area (Å²) in [5.41, 5.74) is 5.08. The van der Waals surface area contributed by atoms with Gasteiger partial charge in [0.05, 0.1) is 5.52 Å². The zero-order valence-corrected chi connectivity index (χ0v) is 11.2. The quantitative estimate of drug-likeness (QED) is 0.701. The molecule has 0 fully saturated rings. The van der Waals surface area contributed by atoms with Crippen LogP contribution in [-0.2, 0) is 0 Å². The molecule has 0 aliphatic carbocycles. The minimum atomic E-state index is 0.884. The summed E-state index contributed by atoms with van der Waals surface area (Å²) in [5.74, 6) is 0. The van der Waals surface area contributed by atoms with Crippen LogP contribution in [0.3, 0.4) is 0 Å². The van der Waals surface area contributed by atoms with E-state index in [1.165, 1.54) is 6.21 Å². The molecule has 0 radical (unpaired) electrons. The summed E-state index contributed by atoms with van der Waals surface area (Å²) in [6, 6.07) is 16.3. The average molecular weight is 261 g/mol. The Balaban J connectivity index is 2.12. The number of rotatable bonds is 3. The Bertz CT molecular complexity index is 778. The van der Waals surface area contributed by atoms with E-state index in [0.717, 1.165) is 33.3 Å². The molecular weight excluding hydrogens is 246 g/mol. The highest BCUT2D eigenvalue weighted by molar-refractivity contribution is 5.89. The fourth-order valence-corrected chi connectivity index (χ4v) is 2.32. The summed E-state index contributed by atoms with van der Waals surface area (Å²) in [6.07, 6.45) is 3.17. The van der Waals surface area contributed by atoms with Crippen molar-refractivity contribution >= 4 is 22.8 Å². The molecule has 0 atom stereocenters. The lowest BCUT2D eigenvalue weighted by Crippen LogP contribution is -1.94. The van der Waals surface area contributed by atoms with E-state index in [1.807, 2.05) is 31.4 Å². The van der Waals surface area contributed by atoms with Crippen LogP contribution in [0.25, 0.3) is 22.0 Å². The number of nitrogens with one attached hydrogen (secondary N) is 2. The molecule has 3 heteroatoms. The summed E-state index contributed by atoms with van der Waals surface area (Å²) >= 11 is 0. The van der Waals surface area contributed by atoms with Gasteiger partial charge in [-0.25, -0.2) is 0 Å². The fourth-order valence-electron chi connectivity index (χ4n) is 2.32. The van der Waals surface area contributed by atoms with Crippen LogP contribution in [0.15, 0.2) is 54.7 Å². The van der Waals surface area contributed by atoms with E-state index in [4.69, 9.17) is 5.41 Å². The van der Waals surface area contributed by atoms with Crippen LogP contribution in [0.5, 0.6) is 0 Å². The Labute approximate surface area is 117 Å². The number of nitrogens with zero attached hydrogens (tertiary/aromatic N) is 1. The van der Waals surface area contributed by atoms with E-state index in [9.17, 15) is 0 Å². The molecule has 3 aromatic rings. The molecule has 0 bridgehead atoms. The maximum atomic E-state index is 7.40. The largest absolute Gasteiger partial charge is 0.388 e. The minimum Gasteiger partial charge on any atom is -0.388 e. The average Bonchev–Trinajstić information content (AvgIpc) is 2.53. The second-order valence-electron chi connectivity index (χ2n) is 4.61. The topological polar surface area (TPSA) is 48.8 Å². The molecule has 0 amide bonds. The first kappa shape index (κ1) is 12.4. The predicted octanol–water partition coefficient (Wildman–Crippen LogP) is 3.94. The van der Waals surface area contributed by atoms with Crippen LogP contribution in [0, 0.1) is 5.41 Å². The lowest BCUT2D eigenvalue weighted by atomic mass is 10.0. The first-order chi connectivity index (χ1) is 9.81. The van der Waals surface area contributed by atoms with Crippen molar-refractivity contribution in [1.29, 1.82) is 5.41 Å². The monoisotopic (exact) mass is 261 g/mol. The predicted molar refractivity (Wildman–Crippen MR) is 84.6 cm³/mol. The second kappa shape index (κ2) is 5.13. The van der Waals surface area contributed by atoms with Gasteiger partial charge in [0, 0.05) is 36.1 Å². The van der Waals surface area contributed by atoms with Crippen molar-refractivity contribution in [3.8, 4) is 11.1 Å². The summed E-state index contributed by atoms with van der Waals surface area (Å²) < 4.78 is 0. The Morgan fingerprint density at radius 2 is 1.85 bits per heavy atom. The van der Waals surface area contributed by atoms with Gasteiger partial charge in [-0.05, 0) is 29.3 Å². The third-order valence-electron chi connectivity index (χ3n) is 3.42. The fraction of sp³-hybridized carbons (Fsp3) is 0.0588. The summed E-state index contributed by atoms with van der Waals surface area (Å²) in [6.45, 7) is 0. The van der Waals surface area contributed by atoms with Gasteiger partial charge in [-0.2, -0.15) is 0 Å². The molecule has 0 saturated carbocycles. The first-order valence-corrected chi connectivity index (χ1v) is 6.49. The molecule has 0 unspecified atom stereocenters. The van der Waals surface area contributed by atoms with Crippen molar-refractivity contribution in [2.45, 2.75) is 0 Å². The van der Waals surface area contributed by atoms with Crippen LogP contribution in [0.2, 0.25) is 0 Å². The molecule has 20 heavy (non-hydrogen) atoms. The highest BCUT2D eigenvalue weighted by Crippen LogP contribution is 2.27. The SMILES string of the molecule is CNc1cc(-c2ccc3cccnc3c2)ccc1C=N. The van der Waals surface area contributed by atoms with Gasteiger partial charge in [-0.15, -0.1) is 0 Å². The van der Waals surface area contributed by atoms with Crippen molar-refractivity contribution in [3.05, 3.63) is 60.3 Å². The van der Waals surface area contributed by atoms with Crippen molar-refractivity contribution in [2.75, 3.05) is 12.4 Å². The van der Waals surface area contributed by atoms with E-state index >= 15 is 0 Å². The standard InChI is InChI=1S/C17H15N3/c1-19-16-9-13(6-7-15(16)11-18)14-5-4-12-3-2-8-20-17(12)10-14/h2-11,18-19H,1H3. The molecule has 1 heterocycles. The maximum absolute atomic E-state index is 7.40. The maximum Gasteiger partial charge on any atom is 0.0708 e. The van der Waals surface area contributed by atoms with E-state index in [-0.39, 0.29) is 0 Å². The van der Waals surface area contributed by atoms with Crippen LogP contribution in [0.1, 0.15) is 5.56 Å². The highest BCUT2D eigenvalue weighted by atomic mass is 14.8. The van der Waals surface area contributed by atoms with Gasteiger partial charge in [0.1, 0.15) is 0 Å². The zero-order valence-electron chi connectivity index (χ0n) is 11.2. The second-order valence-corrected chi connectivity index (χ2v) is 4.61. The van der Waals surface area contributed by atoms with Crippen molar-refractivity contribution < 1.29 is 0 Å². The third-order valence-corrected chi connectivity index (χ3v) is 3.42. The van der Waals surface area contributed by atoms with Gasteiger partial charge in [0.25, 0.3) is 0 Å². The highest BCUT2D eigenvalue weighted by Gasteiger charge is 2.04. The van der Waals surface area contributed by atoms with Gasteiger partial charge in [-0.3, -0.25) is 4.98 Å². The summed E-state index contributed by atoms with van der Waals surface area (Å²) in [4.78, 5) is 4.39. The van der Waals surface area contributed by atoms with Gasteiger partial charge < -0.3 is 10.7 Å². The summed E-state index contributed by atoms with van der Waals surface area (Å²) in [5, 5.41) is 11.7. The van der Waals surface area contributed by atoms with Crippen molar-refractivity contribution in [2.24, 2.45) is 0 Å². The van der Waals surface area contributed by atoms with Crippen LogP contribution >= 0.6 is 0 Å². The molecule has 2 aromatic carbocycles. The molecule has 3 nitrogen and oxygen atoms in total. The molecule has 0 aliphatic rings. The lowest BCUT2D eigenvalue weighted by molar-refractivity contribution is 1.41. The third kappa shape index (κ3) is 2.14. The number of anilines is 1. The molecule has 2 N–H and O–H groups in total. The Morgan fingerprint density at radius 3 is 2.65 bits per heavy atom. The first-order valence-electron chi connectivity index (χ1n) is 6.49. The Hall–Kier alpha value is -2.68. The zero-order chi connectivity index (χ0) is 13.9. The molecule has 0 spiro atoms. The summed E-state index contributed by atoms with van der Waals surface area (Å²) in [7, 11) is 1.87. The van der Waals surface area contributed by atoms with E-state index < -0.39 is 0 Å². The Kier molecular flexibility index (Phi) is 3.17. The van der Waals surface area contributed by atoms with Crippen LogP contribution in [0.4, 0.5) is 5.69 Å². The molecular formula is C17H15N3. The van der Waals surface area contributed by atoms with E-state index in [0.29, 0.717) is 0 Å². The van der Waals surface area contributed by atoms with Crippen LogP contribution < -0.4 is 5.32 Å². The van der Waals surface area contributed by atoms with Crippen LogP contribution in [-0.4, -0.2) is 18.2 Å². The van der Waals surface area contributed by atoms with E-state index in [1.54, 1.807) is 0 Å². The number of hydrogen-bond acceptors (Lipinski definition) is 3. The molecule has 1 aromatic heterocycles. The van der Waals surface area contributed by atoms with Crippen molar-refractivity contribution in [1.82, 2.24) is 4.98 Å². The van der Waals surface area contributed by atoms with Gasteiger partial charge >= 0.3 is 0 Å². The number of fused-ring (bicyclic) bond motifs is 1. The number of hydrogen-bond donors (Lipinski definition) is 2. The van der Waals surface area contributed by atoms with Gasteiger partial charge in [-0.1, -0.05) is 30.3 Å². The van der Waals surface area contributed by atoms with Crippen molar-refractivity contribution in [3.63, 3.8) is 0 Å². The lowest BCUT2D eigenvalue weighted by Gasteiger charge is -2.09. The molecule has 0 aliphatic heterocycles. The number of aromatic nitrogens is 1. The molecule has 3 rings (SSSR count).